The van der Waals surface area contributed by atoms with Crippen LogP contribution in [0.2, 0.25) is 0 Å². The van der Waals surface area contributed by atoms with Gasteiger partial charge in [-0.15, -0.1) is 0 Å². The molecular formula is C12H13BrN4O. The van der Waals surface area contributed by atoms with Crippen LogP contribution in [0.25, 0.3) is 0 Å². The van der Waals surface area contributed by atoms with Gasteiger partial charge in [0.1, 0.15) is 0 Å². The van der Waals surface area contributed by atoms with Crippen molar-refractivity contribution in [2.75, 3.05) is 11.1 Å². The number of H-pyrrole nitrogens is 1. The molecule has 0 spiro atoms. The minimum absolute atomic E-state index is 0.217. The smallest absolute Gasteiger partial charge is 0.278 e. The topological polar surface area (TPSA) is 83.8 Å². The maximum Gasteiger partial charge on any atom is 0.278 e. The van der Waals surface area contributed by atoms with Crippen molar-refractivity contribution in [1.82, 2.24) is 10.2 Å². The van der Waals surface area contributed by atoms with Crippen LogP contribution >= 0.6 is 15.9 Å². The molecule has 2 aromatic rings. The normalized spacial score (nSPS) is 10.4. The molecule has 0 radical (unpaired) electrons. The molecule has 18 heavy (non-hydrogen) atoms. The Bertz CT molecular complexity index is 606. The molecule has 0 atom stereocenters. The molecule has 0 bridgehead atoms. The summed E-state index contributed by atoms with van der Waals surface area (Å²) in [5.74, 6) is -0.317. The molecule has 1 heterocycles. The van der Waals surface area contributed by atoms with E-state index in [1.807, 2.05) is 25.1 Å². The van der Waals surface area contributed by atoms with E-state index < -0.39 is 0 Å². The highest BCUT2D eigenvalue weighted by atomic mass is 79.9. The van der Waals surface area contributed by atoms with Crippen LogP contribution in [0.15, 0.2) is 22.7 Å². The molecule has 1 aromatic heterocycles. The number of carbonyl (C=O) groups is 1. The van der Waals surface area contributed by atoms with E-state index in [2.05, 4.69) is 31.4 Å². The summed E-state index contributed by atoms with van der Waals surface area (Å²) in [6.07, 6.45) is 0. The number of amides is 1. The predicted octanol–water partition coefficient (Wildman–Crippen LogP) is 2.62. The largest absolute Gasteiger partial charge is 0.395 e. The predicted molar refractivity (Wildman–Crippen MR) is 74.6 cm³/mol. The molecule has 0 aliphatic carbocycles. The van der Waals surface area contributed by atoms with E-state index in [0.717, 1.165) is 15.7 Å². The number of hydrogen-bond acceptors (Lipinski definition) is 3. The first-order chi connectivity index (χ1) is 8.49. The number of anilines is 2. The summed E-state index contributed by atoms with van der Waals surface area (Å²) in [4.78, 5) is 12.0. The number of aryl methyl sites for hydroxylation is 2. The van der Waals surface area contributed by atoms with Gasteiger partial charge < -0.3 is 11.1 Å². The molecule has 94 valence electrons. The highest BCUT2D eigenvalue weighted by Crippen LogP contribution is 2.21. The van der Waals surface area contributed by atoms with Gasteiger partial charge in [0.2, 0.25) is 0 Å². The molecule has 1 amide bonds. The number of hydrogen-bond donors (Lipinski definition) is 3. The van der Waals surface area contributed by atoms with E-state index in [-0.39, 0.29) is 11.6 Å². The van der Waals surface area contributed by atoms with Crippen molar-refractivity contribution in [2.24, 2.45) is 0 Å². The van der Waals surface area contributed by atoms with Crippen LogP contribution in [0.5, 0.6) is 0 Å². The van der Waals surface area contributed by atoms with E-state index in [1.165, 1.54) is 0 Å². The second kappa shape index (κ2) is 4.81. The first-order valence-electron chi connectivity index (χ1n) is 5.37. The first-order valence-corrected chi connectivity index (χ1v) is 6.16. The summed E-state index contributed by atoms with van der Waals surface area (Å²) in [6, 6.07) is 5.61. The van der Waals surface area contributed by atoms with Gasteiger partial charge in [-0.05, 0) is 37.6 Å². The summed E-state index contributed by atoms with van der Waals surface area (Å²) in [5.41, 5.74) is 8.74. The number of nitrogens with zero attached hydrogens (tertiary/aromatic N) is 1. The van der Waals surface area contributed by atoms with E-state index in [0.29, 0.717) is 11.4 Å². The van der Waals surface area contributed by atoms with Gasteiger partial charge in [-0.1, -0.05) is 15.9 Å². The average Bonchev–Trinajstić information content (AvgIpc) is 2.64. The maximum absolute atomic E-state index is 12.0. The molecule has 4 N–H and O–H groups in total. The molecule has 0 saturated carbocycles. The summed E-state index contributed by atoms with van der Waals surface area (Å²) in [5, 5.41) is 9.36. The van der Waals surface area contributed by atoms with Gasteiger partial charge in [-0.2, -0.15) is 5.10 Å². The van der Waals surface area contributed by atoms with Gasteiger partial charge in [-0.3, -0.25) is 9.89 Å². The summed E-state index contributed by atoms with van der Waals surface area (Å²) in [7, 11) is 0. The zero-order valence-corrected chi connectivity index (χ0v) is 11.6. The summed E-state index contributed by atoms with van der Waals surface area (Å²) < 4.78 is 0.966. The van der Waals surface area contributed by atoms with E-state index >= 15 is 0 Å². The standard InChI is InChI=1S/C12H13BrN4O/c1-6-5-8(13)3-4-9(6)15-12(18)11-10(14)7(2)16-17-11/h3-5H,14H2,1-2H3,(H,15,18)(H,16,17). The van der Waals surface area contributed by atoms with Gasteiger partial charge in [0.25, 0.3) is 5.91 Å². The van der Waals surface area contributed by atoms with Crippen LogP contribution in [0.1, 0.15) is 21.7 Å². The number of nitrogens with two attached hydrogens (primary N) is 1. The van der Waals surface area contributed by atoms with E-state index in [4.69, 9.17) is 5.73 Å². The van der Waals surface area contributed by atoms with Crippen molar-refractivity contribution in [3.8, 4) is 0 Å². The first kappa shape index (κ1) is 12.6. The third kappa shape index (κ3) is 2.38. The van der Waals surface area contributed by atoms with Crippen molar-refractivity contribution < 1.29 is 4.79 Å². The van der Waals surface area contributed by atoms with Gasteiger partial charge in [0.05, 0.1) is 11.4 Å². The number of carbonyl (C=O) groups excluding carboxylic acids is 1. The molecule has 2 rings (SSSR count). The highest BCUT2D eigenvalue weighted by molar-refractivity contribution is 9.10. The summed E-state index contributed by atoms with van der Waals surface area (Å²) in [6.45, 7) is 3.68. The van der Waals surface area contributed by atoms with Crippen molar-refractivity contribution in [3.05, 3.63) is 39.6 Å². The maximum atomic E-state index is 12.0. The molecule has 0 aliphatic heterocycles. The van der Waals surface area contributed by atoms with Crippen LogP contribution in [0, 0.1) is 13.8 Å². The Morgan fingerprint density at radius 1 is 1.44 bits per heavy atom. The fourth-order valence-corrected chi connectivity index (χ4v) is 2.04. The molecule has 0 aliphatic rings. The van der Waals surface area contributed by atoms with Gasteiger partial charge in [0, 0.05) is 10.2 Å². The minimum Gasteiger partial charge on any atom is -0.395 e. The number of nitrogen functional groups attached to an aromatic ring is 1. The number of aromatic amines is 1. The van der Waals surface area contributed by atoms with E-state index in [9.17, 15) is 4.79 Å². The molecular weight excluding hydrogens is 296 g/mol. The van der Waals surface area contributed by atoms with Crippen molar-refractivity contribution >= 4 is 33.2 Å². The fourth-order valence-electron chi connectivity index (χ4n) is 1.56. The van der Waals surface area contributed by atoms with Crippen molar-refractivity contribution in [1.29, 1.82) is 0 Å². The SMILES string of the molecule is Cc1cc(Br)ccc1NC(=O)c1n[nH]c(C)c1N. The number of benzene rings is 1. The Hall–Kier alpha value is -1.82. The number of aromatic nitrogens is 2. The Morgan fingerprint density at radius 2 is 2.17 bits per heavy atom. The number of halogens is 1. The van der Waals surface area contributed by atoms with Crippen LogP contribution in [-0.2, 0) is 0 Å². The second-order valence-electron chi connectivity index (χ2n) is 4.02. The van der Waals surface area contributed by atoms with Crippen molar-refractivity contribution in [3.63, 3.8) is 0 Å². The van der Waals surface area contributed by atoms with Gasteiger partial charge in [-0.25, -0.2) is 0 Å². The molecule has 0 saturated heterocycles. The third-order valence-electron chi connectivity index (χ3n) is 2.65. The average molecular weight is 309 g/mol. The lowest BCUT2D eigenvalue weighted by Gasteiger charge is -2.07. The molecule has 0 fully saturated rings. The zero-order valence-electron chi connectivity index (χ0n) is 10.0. The van der Waals surface area contributed by atoms with Crippen LogP contribution < -0.4 is 11.1 Å². The van der Waals surface area contributed by atoms with Crippen LogP contribution in [-0.4, -0.2) is 16.1 Å². The molecule has 1 aromatic carbocycles. The zero-order chi connectivity index (χ0) is 13.3. The Kier molecular flexibility index (Phi) is 3.38. The quantitative estimate of drug-likeness (QED) is 0.797. The second-order valence-corrected chi connectivity index (χ2v) is 4.94. The van der Waals surface area contributed by atoms with Crippen molar-refractivity contribution in [2.45, 2.75) is 13.8 Å². The molecule has 5 nitrogen and oxygen atoms in total. The lowest BCUT2D eigenvalue weighted by molar-refractivity contribution is 0.102. The third-order valence-corrected chi connectivity index (χ3v) is 3.14. The number of rotatable bonds is 2. The monoisotopic (exact) mass is 308 g/mol. The van der Waals surface area contributed by atoms with Crippen LogP contribution in [0.4, 0.5) is 11.4 Å². The molecule has 6 heteroatoms. The van der Waals surface area contributed by atoms with Gasteiger partial charge in [0.15, 0.2) is 5.69 Å². The fraction of sp³-hybridized carbons (Fsp3) is 0.167. The highest BCUT2D eigenvalue weighted by Gasteiger charge is 2.15. The number of nitrogens with one attached hydrogen (secondary N) is 2. The lowest BCUT2D eigenvalue weighted by Crippen LogP contribution is -2.15. The van der Waals surface area contributed by atoms with E-state index in [1.54, 1.807) is 6.92 Å². The van der Waals surface area contributed by atoms with Crippen LogP contribution in [0.3, 0.4) is 0 Å². The van der Waals surface area contributed by atoms with Gasteiger partial charge >= 0.3 is 0 Å². The lowest BCUT2D eigenvalue weighted by atomic mass is 10.2. The summed E-state index contributed by atoms with van der Waals surface area (Å²) >= 11 is 3.37. The Morgan fingerprint density at radius 3 is 2.72 bits per heavy atom. The Labute approximate surface area is 113 Å². The minimum atomic E-state index is -0.317. The molecule has 0 unspecified atom stereocenters. The Balaban J connectivity index is 2.24.